The van der Waals surface area contributed by atoms with Gasteiger partial charge in [-0.1, -0.05) is 24.9 Å². The van der Waals surface area contributed by atoms with E-state index in [4.69, 9.17) is 21.2 Å². The Morgan fingerprint density at radius 3 is 2.44 bits per heavy atom. The number of rotatable bonds is 10. The van der Waals surface area contributed by atoms with Crippen molar-refractivity contribution in [3.05, 3.63) is 0 Å². The fourth-order valence-electron chi connectivity index (χ4n) is 1.17. The summed E-state index contributed by atoms with van der Waals surface area (Å²) in [5.74, 6) is -1.71. The first-order valence-corrected chi connectivity index (χ1v) is 6.67. The van der Waals surface area contributed by atoms with E-state index in [2.05, 4.69) is 12.1 Å². The Kier molecular flexibility index (Phi) is 10.3. The van der Waals surface area contributed by atoms with Gasteiger partial charge in [-0.05, 0) is 19.8 Å². The molecule has 18 heavy (non-hydrogen) atoms. The van der Waals surface area contributed by atoms with E-state index in [9.17, 15) is 9.59 Å². The van der Waals surface area contributed by atoms with E-state index in [-0.39, 0.29) is 18.2 Å². The Labute approximate surface area is 112 Å². The van der Waals surface area contributed by atoms with E-state index in [1.165, 1.54) is 0 Å². The monoisotopic (exact) mass is 277 g/mol. The van der Waals surface area contributed by atoms with E-state index in [1.807, 2.05) is 0 Å². The number of carbonyl (C=O) groups is 2. The predicted molar refractivity (Wildman–Crippen MR) is 69.9 cm³/mol. The van der Waals surface area contributed by atoms with Crippen molar-refractivity contribution in [1.82, 2.24) is 0 Å². The van der Waals surface area contributed by atoms with Gasteiger partial charge in [-0.15, -0.1) is 11.6 Å². The van der Waals surface area contributed by atoms with Crippen LogP contribution in [0.15, 0.2) is 5.16 Å². The summed E-state index contributed by atoms with van der Waals surface area (Å²) in [6, 6.07) is 0. The number of hydrogen-bond acceptors (Lipinski definition) is 5. The molecular weight excluding hydrogens is 258 g/mol. The first-order chi connectivity index (χ1) is 8.67. The molecule has 0 aliphatic rings. The molecule has 6 heteroatoms. The first-order valence-electron chi connectivity index (χ1n) is 6.13. The van der Waals surface area contributed by atoms with Crippen molar-refractivity contribution in [3.8, 4) is 0 Å². The van der Waals surface area contributed by atoms with Crippen LogP contribution in [0.5, 0.6) is 0 Å². The summed E-state index contributed by atoms with van der Waals surface area (Å²) in [5, 5.41) is 3.52. The number of carbonyl (C=O) groups excluding carboxylic acids is 2. The minimum atomic E-state index is -0.795. The zero-order chi connectivity index (χ0) is 13.8. The molecule has 0 saturated carbocycles. The number of ketones is 1. The molecule has 0 aromatic rings. The smallest absolute Gasteiger partial charge is 0.364 e. The van der Waals surface area contributed by atoms with Crippen LogP contribution in [0.1, 0.15) is 39.5 Å². The SMILES string of the molecule is CCCCCCON=C(C(=O)CCl)C(=O)OCC. The van der Waals surface area contributed by atoms with Gasteiger partial charge in [0.2, 0.25) is 11.5 Å². The lowest BCUT2D eigenvalue weighted by Crippen LogP contribution is -2.27. The lowest BCUT2D eigenvalue weighted by Gasteiger charge is -2.04. The zero-order valence-corrected chi connectivity index (χ0v) is 11.7. The average molecular weight is 278 g/mol. The van der Waals surface area contributed by atoms with Crippen LogP contribution in [0.25, 0.3) is 0 Å². The highest BCUT2D eigenvalue weighted by Gasteiger charge is 2.21. The quantitative estimate of drug-likeness (QED) is 0.153. The number of unbranched alkanes of at least 4 members (excludes halogenated alkanes) is 3. The van der Waals surface area contributed by atoms with Crippen molar-refractivity contribution < 1.29 is 19.2 Å². The molecule has 0 bridgehead atoms. The second-order valence-electron chi connectivity index (χ2n) is 3.61. The summed E-state index contributed by atoms with van der Waals surface area (Å²) in [4.78, 5) is 27.7. The topological polar surface area (TPSA) is 65.0 Å². The summed E-state index contributed by atoms with van der Waals surface area (Å²) in [6.45, 7) is 4.30. The van der Waals surface area contributed by atoms with Crippen LogP contribution in [-0.4, -0.2) is 36.6 Å². The molecule has 0 aliphatic heterocycles. The van der Waals surface area contributed by atoms with Gasteiger partial charge < -0.3 is 9.57 Å². The van der Waals surface area contributed by atoms with Crippen molar-refractivity contribution in [2.75, 3.05) is 19.1 Å². The molecule has 0 aromatic heterocycles. The standard InChI is InChI=1S/C12H20ClNO4/c1-3-5-6-7-8-18-14-11(10(15)9-13)12(16)17-4-2/h3-9H2,1-2H3. The van der Waals surface area contributed by atoms with Crippen LogP contribution in [-0.2, 0) is 19.2 Å². The van der Waals surface area contributed by atoms with Crippen molar-refractivity contribution in [2.45, 2.75) is 39.5 Å². The van der Waals surface area contributed by atoms with Gasteiger partial charge in [-0.2, -0.15) is 0 Å². The second-order valence-corrected chi connectivity index (χ2v) is 3.88. The Morgan fingerprint density at radius 1 is 1.17 bits per heavy atom. The van der Waals surface area contributed by atoms with Crippen molar-refractivity contribution in [1.29, 1.82) is 0 Å². The number of nitrogens with zero attached hydrogens (tertiary/aromatic N) is 1. The molecular formula is C12H20ClNO4. The highest BCUT2D eigenvalue weighted by Crippen LogP contribution is 2.00. The molecule has 0 aliphatic carbocycles. The Balaban J connectivity index is 4.21. The van der Waals surface area contributed by atoms with Crippen molar-refractivity contribution >= 4 is 29.1 Å². The molecule has 0 rings (SSSR count). The number of ether oxygens (including phenoxy) is 1. The van der Waals surface area contributed by atoms with Crippen LogP contribution in [0.4, 0.5) is 0 Å². The normalized spacial score (nSPS) is 11.2. The van der Waals surface area contributed by atoms with E-state index in [0.29, 0.717) is 6.61 Å². The summed E-state index contributed by atoms with van der Waals surface area (Å²) in [5.41, 5.74) is -0.373. The molecule has 0 spiro atoms. The number of hydrogen-bond donors (Lipinski definition) is 0. The molecule has 0 fully saturated rings. The molecule has 0 atom stereocenters. The van der Waals surface area contributed by atoms with E-state index >= 15 is 0 Å². The third kappa shape index (κ3) is 7.27. The Morgan fingerprint density at radius 2 is 1.89 bits per heavy atom. The van der Waals surface area contributed by atoms with Crippen molar-refractivity contribution in [2.24, 2.45) is 5.16 Å². The number of oxime groups is 1. The van der Waals surface area contributed by atoms with E-state index < -0.39 is 11.8 Å². The van der Waals surface area contributed by atoms with Gasteiger partial charge in [-0.3, -0.25) is 4.79 Å². The lowest BCUT2D eigenvalue weighted by atomic mass is 10.2. The van der Waals surface area contributed by atoms with E-state index in [0.717, 1.165) is 25.7 Å². The number of alkyl halides is 1. The van der Waals surface area contributed by atoms with Gasteiger partial charge in [0, 0.05) is 0 Å². The van der Waals surface area contributed by atoms with Crippen LogP contribution in [0.2, 0.25) is 0 Å². The molecule has 0 aromatic carbocycles. The maximum atomic E-state index is 11.4. The average Bonchev–Trinajstić information content (AvgIpc) is 2.37. The van der Waals surface area contributed by atoms with Gasteiger partial charge in [-0.25, -0.2) is 4.79 Å². The van der Waals surface area contributed by atoms with Crippen LogP contribution in [0.3, 0.4) is 0 Å². The van der Waals surface area contributed by atoms with E-state index in [1.54, 1.807) is 6.92 Å². The molecule has 0 saturated heterocycles. The van der Waals surface area contributed by atoms with Crippen LogP contribution < -0.4 is 0 Å². The molecule has 0 heterocycles. The highest BCUT2D eigenvalue weighted by atomic mass is 35.5. The third-order valence-corrected chi connectivity index (χ3v) is 2.34. The van der Waals surface area contributed by atoms with Gasteiger partial charge >= 0.3 is 5.97 Å². The summed E-state index contributed by atoms with van der Waals surface area (Å²) < 4.78 is 4.69. The Hall–Kier alpha value is -1.10. The second kappa shape index (κ2) is 11.0. The predicted octanol–water partition coefficient (Wildman–Crippen LogP) is 2.31. The lowest BCUT2D eigenvalue weighted by molar-refractivity contribution is -0.135. The molecule has 0 amide bonds. The number of Topliss-reactive ketones (excluding diaryl/α,β-unsaturated/α-hetero) is 1. The molecule has 0 unspecified atom stereocenters. The third-order valence-electron chi connectivity index (χ3n) is 2.10. The van der Waals surface area contributed by atoms with Gasteiger partial charge in [0.15, 0.2) is 0 Å². The summed E-state index contributed by atoms with van der Waals surface area (Å²) in [7, 11) is 0. The zero-order valence-electron chi connectivity index (χ0n) is 10.9. The van der Waals surface area contributed by atoms with Gasteiger partial charge in [0.05, 0.1) is 12.5 Å². The number of esters is 1. The minimum Gasteiger partial charge on any atom is -0.461 e. The summed E-state index contributed by atoms with van der Waals surface area (Å²) in [6.07, 6.45) is 4.12. The summed E-state index contributed by atoms with van der Waals surface area (Å²) >= 11 is 5.38. The van der Waals surface area contributed by atoms with Crippen LogP contribution >= 0.6 is 11.6 Å². The highest BCUT2D eigenvalue weighted by molar-refractivity contribution is 6.67. The van der Waals surface area contributed by atoms with Crippen molar-refractivity contribution in [3.63, 3.8) is 0 Å². The fourth-order valence-corrected chi connectivity index (χ4v) is 1.29. The maximum Gasteiger partial charge on any atom is 0.364 e. The van der Waals surface area contributed by atoms with Gasteiger partial charge in [0.1, 0.15) is 6.61 Å². The first kappa shape index (κ1) is 16.9. The maximum absolute atomic E-state index is 11.4. The molecule has 5 nitrogen and oxygen atoms in total. The Bertz CT molecular complexity index is 292. The largest absolute Gasteiger partial charge is 0.461 e. The molecule has 0 radical (unpaired) electrons. The van der Waals surface area contributed by atoms with Gasteiger partial charge in [0.25, 0.3) is 0 Å². The minimum absolute atomic E-state index is 0.171. The fraction of sp³-hybridized carbons (Fsp3) is 0.750. The van der Waals surface area contributed by atoms with Crippen LogP contribution in [0, 0.1) is 0 Å². The molecule has 104 valence electrons. The number of halogens is 1. The molecule has 0 N–H and O–H groups in total.